The molecule has 3 rings (SSSR count). The van der Waals surface area contributed by atoms with E-state index in [0.29, 0.717) is 5.75 Å². The minimum Gasteiger partial charge on any atom is -0.423 e. The monoisotopic (exact) mass is 311 g/mol. The fourth-order valence-corrected chi connectivity index (χ4v) is 2.81. The Balaban J connectivity index is 1.88. The zero-order chi connectivity index (χ0) is 16.6. The lowest BCUT2D eigenvalue weighted by atomic mass is 9.91. The summed E-state index contributed by atoms with van der Waals surface area (Å²) >= 11 is 0. The van der Waals surface area contributed by atoms with Crippen LogP contribution in [0.4, 0.5) is 10.1 Å². The lowest BCUT2D eigenvalue weighted by Crippen LogP contribution is -2.31. The molecule has 0 saturated heterocycles. The molecule has 3 nitrogen and oxygen atoms in total. The third kappa shape index (κ3) is 3.11. The Morgan fingerprint density at radius 1 is 1.17 bits per heavy atom. The van der Waals surface area contributed by atoms with Crippen molar-refractivity contribution < 1.29 is 13.9 Å². The van der Waals surface area contributed by atoms with Crippen LogP contribution in [0.15, 0.2) is 48.5 Å². The lowest BCUT2D eigenvalue weighted by molar-refractivity contribution is 0.0730. The summed E-state index contributed by atoms with van der Waals surface area (Å²) in [7, 11) is 0. The Hall–Kier alpha value is -2.62. The molecule has 0 unspecified atom stereocenters. The van der Waals surface area contributed by atoms with Gasteiger partial charge in [0.25, 0.3) is 0 Å². The topological polar surface area (TPSA) is 38.3 Å². The van der Waals surface area contributed by atoms with Crippen molar-refractivity contribution in [2.45, 2.75) is 26.3 Å². The number of benzene rings is 2. The predicted molar refractivity (Wildman–Crippen MR) is 89.2 cm³/mol. The highest BCUT2D eigenvalue weighted by Gasteiger charge is 2.23. The van der Waals surface area contributed by atoms with Gasteiger partial charge in [-0.1, -0.05) is 18.2 Å². The molecule has 1 aliphatic heterocycles. The van der Waals surface area contributed by atoms with Gasteiger partial charge in [0.2, 0.25) is 0 Å². The van der Waals surface area contributed by atoms with Gasteiger partial charge in [0.05, 0.1) is 11.1 Å². The molecule has 2 aromatic rings. The Morgan fingerprint density at radius 2 is 1.91 bits per heavy atom. The van der Waals surface area contributed by atoms with Crippen molar-refractivity contribution in [3.63, 3.8) is 0 Å². The van der Waals surface area contributed by atoms with E-state index in [4.69, 9.17) is 4.74 Å². The van der Waals surface area contributed by atoms with Crippen molar-refractivity contribution in [2.24, 2.45) is 0 Å². The molecule has 23 heavy (non-hydrogen) atoms. The summed E-state index contributed by atoms with van der Waals surface area (Å²) in [6, 6.07) is 11.2. The minimum absolute atomic E-state index is 0.0725. The van der Waals surface area contributed by atoms with Crippen LogP contribution in [0.1, 0.15) is 36.7 Å². The second-order valence-electron chi connectivity index (χ2n) is 6.25. The molecule has 0 saturated carbocycles. The Bertz CT molecular complexity index is 809. The van der Waals surface area contributed by atoms with E-state index in [-0.39, 0.29) is 11.1 Å². The summed E-state index contributed by atoms with van der Waals surface area (Å²) in [5.74, 6) is -0.894. The maximum atomic E-state index is 13.6. The number of halogens is 1. The van der Waals surface area contributed by atoms with Crippen LogP contribution in [0, 0.1) is 5.82 Å². The molecule has 0 spiro atoms. The van der Waals surface area contributed by atoms with Crippen molar-refractivity contribution in [1.29, 1.82) is 0 Å². The van der Waals surface area contributed by atoms with E-state index in [9.17, 15) is 9.18 Å². The first-order valence-corrected chi connectivity index (χ1v) is 7.44. The van der Waals surface area contributed by atoms with Crippen LogP contribution in [0.2, 0.25) is 0 Å². The van der Waals surface area contributed by atoms with E-state index in [0.717, 1.165) is 16.8 Å². The van der Waals surface area contributed by atoms with Crippen LogP contribution >= 0.6 is 0 Å². The maximum Gasteiger partial charge on any atom is 0.346 e. The van der Waals surface area contributed by atoms with Crippen molar-refractivity contribution in [3.05, 3.63) is 65.5 Å². The first-order valence-electron chi connectivity index (χ1n) is 7.44. The SMILES string of the molecule is CC1=CC(C)(C)Nc2ccc(OC(=O)c3ccccc3F)cc21. The van der Waals surface area contributed by atoms with Gasteiger partial charge < -0.3 is 10.1 Å². The fourth-order valence-electron chi connectivity index (χ4n) is 2.81. The highest BCUT2D eigenvalue weighted by Crippen LogP contribution is 2.35. The number of hydrogen-bond donors (Lipinski definition) is 1. The molecule has 2 aromatic carbocycles. The highest BCUT2D eigenvalue weighted by molar-refractivity contribution is 5.91. The molecule has 118 valence electrons. The first kappa shape index (κ1) is 15.3. The molecule has 0 atom stereocenters. The number of fused-ring (bicyclic) bond motifs is 1. The second-order valence-corrected chi connectivity index (χ2v) is 6.25. The number of hydrogen-bond acceptors (Lipinski definition) is 3. The summed E-state index contributed by atoms with van der Waals surface area (Å²) < 4.78 is 19.0. The number of allylic oxidation sites excluding steroid dienone is 1. The van der Waals surface area contributed by atoms with Crippen molar-refractivity contribution >= 4 is 17.2 Å². The number of carbonyl (C=O) groups excluding carboxylic acids is 1. The van der Waals surface area contributed by atoms with Gasteiger partial charge in [-0.05, 0) is 56.7 Å². The van der Waals surface area contributed by atoms with E-state index in [2.05, 4.69) is 25.2 Å². The molecule has 1 N–H and O–H groups in total. The molecule has 0 aliphatic carbocycles. The first-order chi connectivity index (χ1) is 10.9. The zero-order valence-electron chi connectivity index (χ0n) is 13.3. The largest absolute Gasteiger partial charge is 0.423 e. The van der Waals surface area contributed by atoms with E-state index < -0.39 is 11.8 Å². The zero-order valence-corrected chi connectivity index (χ0v) is 13.3. The molecular formula is C19H18FNO2. The summed E-state index contributed by atoms with van der Waals surface area (Å²) in [4.78, 5) is 12.1. The highest BCUT2D eigenvalue weighted by atomic mass is 19.1. The molecule has 0 bridgehead atoms. The van der Waals surface area contributed by atoms with E-state index in [1.807, 2.05) is 13.0 Å². The van der Waals surface area contributed by atoms with Crippen LogP contribution < -0.4 is 10.1 Å². The summed E-state index contributed by atoms with van der Waals surface area (Å²) in [5, 5.41) is 3.41. The van der Waals surface area contributed by atoms with Gasteiger partial charge in [0.15, 0.2) is 0 Å². The van der Waals surface area contributed by atoms with Crippen LogP contribution in [-0.2, 0) is 0 Å². The minimum atomic E-state index is -0.700. The maximum absolute atomic E-state index is 13.6. The summed E-state index contributed by atoms with van der Waals surface area (Å²) in [6.45, 7) is 6.20. The van der Waals surface area contributed by atoms with Gasteiger partial charge in [-0.3, -0.25) is 0 Å². The molecule has 0 aromatic heterocycles. The normalized spacial score (nSPS) is 15.2. The summed E-state index contributed by atoms with van der Waals surface area (Å²) in [6.07, 6.45) is 2.12. The molecule has 4 heteroatoms. The van der Waals surface area contributed by atoms with Crippen LogP contribution in [0.5, 0.6) is 5.75 Å². The van der Waals surface area contributed by atoms with Gasteiger partial charge in [-0.25, -0.2) is 9.18 Å². The number of nitrogens with one attached hydrogen (secondary N) is 1. The van der Waals surface area contributed by atoms with Crippen molar-refractivity contribution in [2.75, 3.05) is 5.32 Å². The smallest absolute Gasteiger partial charge is 0.346 e. The average Bonchev–Trinajstić information content (AvgIpc) is 2.47. The lowest BCUT2D eigenvalue weighted by Gasteiger charge is -2.31. The number of anilines is 1. The van der Waals surface area contributed by atoms with Crippen LogP contribution in [-0.4, -0.2) is 11.5 Å². The van der Waals surface area contributed by atoms with Gasteiger partial charge in [0.1, 0.15) is 11.6 Å². The standard InChI is InChI=1S/C19H18FNO2/c1-12-11-19(2,3)21-17-9-8-13(10-15(12)17)23-18(22)14-6-4-5-7-16(14)20/h4-11,21H,1-3H3. The molecule has 1 heterocycles. The van der Waals surface area contributed by atoms with Gasteiger partial charge in [0, 0.05) is 11.3 Å². The van der Waals surface area contributed by atoms with Crippen molar-refractivity contribution in [1.82, 2.24) is 0 Å². The van der Waals surface area contributed by atoms with Crippen LogP contribution in [0.3, 0.4) is 0 Å². The molecule has 0 fully saturated rings. The molecule has 1 aliphatic rings. The van der Waals surface area contributed by atoms with Crippen LogP contribution in [0.25, 0.3) is 5.57 Å². The molecule has 0 amide bonds. The third-order valence-corrected chi connectivity index (χ3v) is 3.75. The van der Waals surface area contributed by atoms with E-state index in [1.54, 1.807) is 18.2 Å². The van der Waals surface area contributed by atoms with Crippen molar-refractivity contribution in [3.8, 4) is 5.75 Å². The second kappa shape index (κ2) is 5.54. The molecular weight excluding hydrogens is 293 g/mol. The average molecular weight is 311 g/mol. The van der Waals surface area contributed by atoms with Gasteiger partial charge in [-0.2, -0.15) is 0 Å². The molecule has 0 radical (unpaired) electrons. The number of carbonyl (C=O) groups is 1. The number of rotatable bonds is 2. The number of ether oxygens (including phenoxy) is 1. The quantitative estimate of drug-likeness (QED) is 0.648. The van der Waals surface area contributed by atoms with E-state index >= 15 is 0 Å². The Kier molecular flexibility index (Phi) is 3.68. The van der Waals surface area contributed by atoms with E-state index in [1.165, 1.54) is 18.2 Å². The third-order valence-electron chi connectivity index (χ3n) is 3.75. The Morgan fingerprint density at radius 3 is 2.65 bits per heavy atom. The Labute approximate surface area is 134 Å². The van der Waals surface area contributed by atoms with Gasteiger partial charge in [-0.15, -0.1) is 0 Å². The van der Waals surface area contributed by atoms with Gasteiger partial charge >= 0.3 is 5.97 Å². The fraction of sp³-hybridized carbons (Fsp3) is 0.211. The number of esters is 1. The summed E-state index contributed by atoms with van der Waals surface area (Å²) in [5.41, 5.74) is 2.87. The predicted octanol–water partition coefficient (Wildman–Crippen LogP) is 4.65.